The Bertz CT molecular complexity index is 591. The molecule has 1 N–H and O–H groups in total. The van der Waals surface area contributed by atoms with Gasteiger partial charge in [-0.3, -0.25) is 4.79 Å². The van der Waals surface area contributed by atoms with Crippen LogP contribution in [0, 0.1) is 0 Å². The van der Waals surface area contributed by atoms with Crippen LogP contribution in [0.5, 0.6) is 5.75 Å². The van der Waals surface area contributed by atoms with E-state index in [1.54, 1.807) is 18.2 Å². The molecule has 0 bridgehead atoms. The molecular weight excluding hydrogens is 298 g/mol. The molecule has 112 valence electrons. The van der Waals surface area contributed by atoms with Gasteiger partial charge in [-0.2, -0.15) is 0 Å². The minimum Gasteiger partial charge on any atom is -0.480 e. The second-order valence-electron chi connectivity index (χ2n) is 5.04. The number of rotatable bonds is 2. The molecule has 21 heavy (non-hydrogen) atoms. The fourth-order valence-electron chi connectivity index (χ4n) is 2.56. The molecule has 2 aliphatic heterocycles. The molecule has 1 saturated heterocycles. The SMILES string of the molecule is O=C(O)C1CN(C(=O)C2Cc3cc(Cl)ccc3O2)CCO1. The number of nitrogens with zero attached hydrogens (tertiary/aromatic N) is 1. The van der Waals surface area contributed by atoms with E-state index in [1.165, 1.54) is 4.90 Å². The number of benzene rings is 1. The van der Waals surface area contributed by atoms with Gasteiger partial charge < -0.3 is 19.5 Å². The van der Waals surface area contributed by atoms with Crippen LogP contribution in [0.4, 0.5) is 0 Å². The minimum absolute atomic E-state index is 0.0468. The lowest BCUT2D eigenvalue weighted by Gasteiger charge is -2.32. The van der Waals surface area contributed by atoms with Gasteiger partial charge in [-0.1, -0.05) is 11.6 Å². The summed E-state index contributed by atoms with van der Waals surface area (Å²) in [5.74, 6) is -0.618. The summed E-state index contributed by atoms with van der Waals surface area (Å²) in [6.45, 7) is 0.638. The van der Waals surface area contributed by atoms with Crippen LogP contribution in [-0.2, 0) is 20.7 Å². The summed E-state index contributed by atoms with van der Waals surface area (Å²) in [7, 11) is 0. The van der Waals surface area contributed by atoms with Crippen molar-refractivity contribution in [2.75, 3.05) is 19.7 Å². The summed E-state index contributed by atoms with van der Waals surface area (Å²) in [6, 6.07) is 5.23. The van der Waals surface area contributed by atoms with E-state index in [0.29, 0.717) is 23.7 Å². The van der Waals surface area contributed by atoms with E-state index in [0.717, 1.165) is 5.56 Å². The maximum atomic E-state index is 12.4. The monoisotopic (exact) mass is 311 g/mol. The van der Waals surface area contributed by atoms with E-state index in [4.69, 9.17) is 26.2 Å². The number of aliphatic carboxylic acids is 1. The first-order valence-corrected chi connectivity index (χ1v) is 7.00. The summed E-state index contributed by atoms with van der Waals surface area (Å²) in [5.41, 5.74) is 0.892. The van der Waals surface area contributed by atoms with Crippen molar-refractivity contribution in [1.29, 1.82) is 0 Å². The van der Waals surface area contributed by atoms with Crippen LogP contribution in [0.1, 0.15) is 5.56 Å². The number of morpholine rings is 1. The van der Waals surface area contributed by atoms with Crippen molar-refractivity contribution in [2.24, 2.45) is 0 Å². The lowest BCUT2D eigenvalue weighted by atomic mass is 10.1. The number of carbonyl (C=O) groups is 2. The number of carboxylic acids is 1. The molecule has 3 rings (SSSR count). The molecule has 1 fully saturated rings. The van der Waals surface area contributed by atoms with Gasteiger partial charge in [0.1, 0.15) is 5.75 Å². The maximum Gasteiger partial charge on any atom is 0.334 e. The highest BCUT2D eigenvalue weighted by molar-refractivity contribution is 6.30. The zero-order valence-corrected chi connectivity index (χ0v) is 11.9. The Balaban J connectivity index is 1.68. The normalized spacial score (nSPS) is 24.3. The maximum absolute atomic E-state index is 12.4. The molecule has 1 aromatic rings. The average Bonchev–Trinajstić information content (AvgIpc) is 2.89. The molecular formula is C14H14ClNO5. The molecule has 2 aliphatic rings. The van der Waals surface area contributed by atoms with Crippen molar-refractivity contribution in [1.82, 2.24) is 4.90 Å². The third-order valence-electron chi connectivity index (χ3n) is 3.63. The summed E-state index contributed by atoms with van der Waals surface area (Å²) in [4.78, 5) is 24.9. The van der Waals surface area contributed by atoms with Crippen molar-refractivity contribution in [3.05, 3.63) is 28.8 Å². The van der Waals surface area contributed by atoms with Crippen LogP contribution in [0.25, 0.3) is 0 Å². The second kappa shape index (κ2) is 5.54. The van der Waals surface area contributed by atoms with Gasteiger partial charge in [-0.15, -0.1) is 0 Å². The van der Waals surface area contributed by atoms with Crippen molar-refractivity contribution in [2.45, 2.75) is 18.6 Å². The number of carboxylic acid groups (broad SMARTS) is 1. The van der Waals surface area contributed by atoms with Crippen LogP contribution in [0.2, 0.25) is 5.02 Å². The predicted molar refractivity (Wildman–Crippen MR) is 73.5 cm³/mol. The summed E-state index contributed by atoms with van der Waals surface area (Å²) in [5, 5.41) is 9.57. The number of carbonyl (C=O) groups excluding carboxylic acids is 1. The number of fused-ring (bicyclic) bond motifs is 1. The largest absolute Gasteiger partial charge is 0.480 e. The first-order chi connectivity index (χ1) is 10.0. The Kier molecular flexibility index (Phi) is 3.73. The molecule has 0 radical (unpaired) electrons. The Morgan fingerprint density at radius 2 is 2.14 bits per heavy atom. The average molecular weight is 312 g/mol. The van der Waals surface area contributed by atoms with Crippen molar-refractivity contribution >= 4 is 23.5 Å². The molecule has 0 spiro atoms. The molecule has 2 unspecified atom stereocenters. The lowest BCUT2D eigenvalue weighted by molar-refractivity contribution is -0.161. The Morgan fingerprint density at radius 3 is 2.90 bits per heavy atom. The highest BCUT2D eigenvalue weighted by atomic mass is 35.5. The predicted octanol–water partition coefficient (Wildman–Crippen LogP) is 0.955. The summed E-state index contributed by atoms with van der Waals surface area (Å²) < 4.78 is 10.7. The molecule has 1 aromatic carbocycles. The zero-order valence-electron chi connectivity index (χ0n) is 11.1. The van der Waals surface area contributed by atoms with E-state index < -0.39 is 18.2 Å². The first-order valence-electron chi connectivity index (χ1n) is 6.63. The van der Waals surface area contributed by atoms with Crippen molar-refractivity contribution in [3.63, 3.8) is 0 Å². The molecule has 0 saturated carbocycles. The third-order valence-corrected chi connectivity index (χ3v) is 3.86. The Hall–Kier alpha value is -1.79. The van der Waals surface area contributed by atoms with Crippen LogP contribution in [0.15, 0.2) is 18.2 Å². The van der Waals surface area contributed by atoms with E-state index in [9.17, 15) is 9.59 Å². The first kappa shape index (κ1) is 14.2. The highest BCUT2D eigenvalue weighted by Gasteiger charge is 2.36. The van der Waals surface area contributed by atoms with Gasteiger partial charge >= 0.3 is 5.97 Å². The Morgan fingerprint density at radius 1 is 1.33 bits per heavy atom. The van der Waals surface area contributed by atoms with Gasteiger partial charge in [-0.05, 0) is 23.8 Å². The number of hydrogen-bond acceptors (Lipinski definition) is 4. The lowest BCUT2D eigenvalue weighted by Crippen LogP contribution is -2.52. The minimum atomic E-state index is -1.06. The molecule has 6 nitrogen and oxygen atoms in total. The number of amides is 1. The second-order valence-corrected chi connectivity index (χ2v) is 5.48. The zero-order chi connectivity index (χ0) is 15.0. The van der Waals surface area contributed by atoms with Crippen LogP contribution >= 0.6 is 11.6 Å². The van der Waals surface area contributed by atoms with Gasteiger partial charge in [-0.25, -0.2) is 4.79 Å². The van der Waals surface area contributed by atoms with Gasteiger partial charge in [0.2, 0.25) is 0 Å². The summed E-state index contributed by atoms with van der Waals surface area (Å²) in [6.07, 6.45) is -1.14. The van der Waals surface area contributed by atoms with Gasteiger partial charge in [0, 0.05) is 18.0 Å². The van der Waals surface area contributed by atoms with Crippen molar-refractivity contribution < 1.29 is 24.2 Å². The van der Waals surface area contributed by atoms with E-state index >= 15 is 0 Å². The molecule has 0 aliphatic carbocycles. The summed E-state index contributed by atoms with van der Waals surface area (Å²) >= 11 is 5.92. The number of hydrogen-bond donors (Lipinski definition) is 1. The molecule has 7 heteroatoms. The molecule has 1 amide bonds. The fraction of sp³-hybridized carbons (Fsp3) is 0.429. The Labute approximate surface area is 126 Å². The van der Waals surface area contributed by atoms with Gasteiger partial charge in [0.05, 0.1) is 13.2 Å². The van der Waals surface area contributed by atoms with Gasteiger partial charge in [0.15, 0.2) is 12.2 Å². The third kappa shape index (κ3) is 2.82. The van der Waals surface area contributed by atoms with Crippen LogP contribution < -0.4 is 4.74 Å². The van der Waals surface area contributed by atoms with E-state index in [1.807, 2.05) is 0 Å². The smallest absolute Gasteiger partial charge is 0.334 e. The van der Waals surface area contributed by atoms with Gasteiger partial charge in [0.25, 0.3) is 5.91 Å². The topological polar surface area (TPSA) is 76.1 Å². The standard InChI is InChI=1S/C14H14ClNO5/c15-9-1-2-10-8(5-9)6-11(21-10)13(17)16-3-4-20-12(7-16)14(18)19/h1-2,5,11-12H,3-4,6-7H2,(H,18,19). The van der Waals surface area contributed by atoms with Crippen molar-refractivity contribution in [3.8, 4) is 5.75 Å². The molecule has 2 heterocycles. The molecule has 2 atom stereocenters. The van der Waals surface area contributed by atoms with Crippen LogP contribution in [-0.4, -0.2) is 53.8 Å². The van der Waals surface area contributed by atoms with Crippen LogP contribution in [0.3, 0.4) is 0 Å². The number of halogens is 1. The quantitative estimate of drug-likeness (QED) is 0.880. The number of ether oxygens (including phenoxy) is 2. The van der Waals surface area contributed by atoms with E-state index in [2.05, 4.69) is 0 Å². The fourth-order valence-corrected chi connectivity index (χ4v) is 2.75. The molecule has 0 aromatic heterocycles. The van der Waals surface area contributed by atoms with E-state index in [-0.39, 0.29) is 19.1 Å². The highest BCUT2D eigenvalue weighted by Crippen LogP contribution is 2.31.